The van der Waals surface area contributed by atoms with Gasteiger partial charge in [-0.15, -0.1) is 0 Å². The van der Waals surface area contributed by atoms with Crippen molar-refractivity contribution in [1.82, 2.24) is 0 Å². The number of aromatic hydroxyl groups is 1. The Hall–Kier alpha value is -1.97. The maximum atomic E-state index is 12.1. The third-order valence-corrected chi connectivity index (χ3v) is 3.46. The third kappa shape index (κ3) is 2.15. The Morgan fingerprint density at radius 1 is 1.05 bits per heavy atom. The number of rotatable bonds is 1. The van der Waals surface area contributed by atoms with Crippen LogP contribution < -0.4 is 5.43 Å². The number of fused-ring (bicyclic) bond motifs is 1. The Kier molecular flexibility index (Phi) is 3.16. The summed E-state index contributed by atoms with van der Waals surface area (Å²) < 4.78 is 5.65. The Labute approximate surface area is 124 Å². The van der Waals surface area contributed by atoms with E-state index in [0.717, 1.165) is 0 Å². The Morgan fingerprint density at radius 3 is 2.60 bits per heavy atom. The summed E-state index contributed by atoms with van der Waals surface area (Å²) in [5.41, 5.74) is 0.456. The van der Waals surface area contributed by atoms with Gasteiger partial charge in [-0.05, 0) is 30.3 Å². The van der Waals surface area contributed by atoms with Gasteiger partial charge in [0.05, 0.1) is 16.0 Å². The van der Waals surface area contributed by atoms with Crippen LogP contribution >= 0.6 is 23.2 Å². The number of phenols is 1. The minimum atomic E-state index is -0.224. The first kappa shape index (κ1) is 13.0. The van der Waals surface area contributed by atoms with Crippen molar-refractivity contribution >= 4 is 34.2 Å². The van der Waals surface area contributed by atoms with Crippen molar-refractivity contribution in [2.24, 2.45) is 0 Å². The minimum Gasteiger partial charge on any atom is -0.507 e. The average Bonchev–Trinajstić information content (AvgIpc) is 2.40. The van der Waals surface area contributed by atoms with Crippen LogP contribution in [0.5, 0.6) is 5.75 Å². The lowest BCUT2D eigenvalue weighted by Crippen LogP contribution is -2.00. The molecule has 0 atom stereocenters. The lowest BCUT2D eigenvalue weighted by Gasteiger charge is -2.06. The standard InChI is InChI=1S/C15H8Cl2O3/c16-8-4-5-9(12(18)6-8)14-7-13(19)10-2-1-3-11(17)15(10)20-14/h1-7,18H. The summed E-state index contributed by atoms with van der Waals surface area (Å²) in [5, 5.41) is 11.0. The number of benzene rings is 2. The zero-order chi connectivity index (χ0) is 14.3. The van der Waals surface area contributed by atoms with Crippen LogP contribution in [0.4, 0.5) is 0 Å². The zero-order valence-corrected chi connectivity index (χ0v) is 11.6. The summed E-state index contributed by atoms with van der Waals surface area (Å²) in [5.74, 6) is 0.178. The van der Waals surface area contributed by atoms with E-state index in [2.05, 4.69) is 0 Å². The quantitative estimate of drug-likeness (QED) is 0.721. The average molecular weight is 307 g/mol. The molecule has 3 rings (SSSR count). The van der Waals surface area contributed by atoms with Gasteiger partial charge in [0.25, 0.3) is 0 Å². The van der Waals surface area contributed by atoms with Gasteiger partial charge in [0, 0.05) is 11.1 Å². The molecule has 0 fully saturated rings. The molecule has 0 unspecified atom stereocenters. The van der Waals surface area contributed by atoms with Gasteiger partial charge in [0.1, 0.15) is 11.5 Å². The van der Waals surface area contributed by atoms with Gasteiger partial charge in [-0.2, -0.15) is 0 Å². The first-order valence-corrected chi connectivity index (χ1v) is 6.53. The summed E-state index contributed by atoms with van der Waals surface area (Å²) in [4.78, 5) is 12.1. The maximum Gasteiger partial charge on any atom is 0.193 e. The van der Waals surface area contributed by atoms with Crippen molar-refractivity contribution in [2.45, 2.75) is 0 Å². The molecule has 1 aromatic heterocycles. The van der Waals surface area contributed by atoms with E-state index in [1.165, 1.54) is 12.1 Å². The molecule has 0 radical (unpaired) electrons. The van der Waals surface area contributed by atoms with Gasteiger partial charge in [0.15, 0.2) is 11.0 Å². The van der Waals surface area contributed by atoms with E-state index in [-0.39, 0.29) is 16.9 Å². The smallest absolute Gasteiger partial charge is 0.193 e. The predicted molar refractivity (Wildman–Crippen MR) is 79.6 cm³/mol. The molecule has 3 aromatic rings. The van der Waals surface area contributed by atoms with Gasteiger partial charge >= 0.3 is 0 Å². The van der Waals surface area contributed by atoms with Crippen LogP contribution in [0.3, 0.4) is 0 Å². The van der Waals surface area contributed by atoms with Gasteiger partial charge in [0.2, 0.25) is 0 Å². The van der Waals surface area contributed by atoms with Gasteiger partial charge < -0.3 is 9.52 Å². The van der Waals surface area contributed by atoms with Gasteiger partial charge in [-0.1, -0.05) is 29.3 Å². The molecule has 0 saturated heterocycles. The molecule has 0 bridgehead atoms. The lowest BCUT2D eigenvalue weighted by atomic mass is 10.1. The molecule has 100 valence electrons. The van der Waals surface area contributed by atoms with E-state index in [0.29, 0.717) is 26.6 Å². The predicted octanol–water partition coefficient (Wildman–Crippen LogP) is 4.47. The van der Waals surface area contributed by atoms with Crippen molar-refractivity contribution in [1.29, 1.82) is 0 Å². The Morgan fingerprint density at radius 2 is 1.85 bits per heavy atom. The van der Waals surface area contributed by atoms with Crippen LogP contribution in [0, 0.1) is 0 Å². The first-order chi connectivity index (χ1) is 9.56. The Bertz CT molecular complexity index is 869. The minimum absolute atomic E-state index is 0.0629. The molecule has 3 nitrogen and oxygen atoms in total. The van der Waals surface area contributed by atoms with Crippen LogP contribution in [0.1, 0.15) is 0 Å². The SMILES string of the molecule is O=c1cc(-c2ccc(Cl)cc2O)oc2c(Cl)cccc12. The zero-order valence-electron chi connectivity index (χ0n) is 10.1. The number of halogens is 2. The molecule has 0 aliphatic rings. The van der Waals surface area contributed by atoms with Crippen LogP contribution in [0.15, 0.2) is 51.7 Å². The highest BCUT2D eigenvalue weighted by atomic mass is 35.5. The summed E-state index contributed by atoms with van der Waals surface area (Å²) in [7, 11) is 0. The van der Waals surface area contributed by atoms with E-state index >= 15 is 0 Å². The van der Waals surface area contributed by atoms with Crippen LogP contribution in [-0.2, 0) is 0 Å². The fraction of sp³-hybridized carbons (Fsp3) is 0. The van der Waals surface area contributed by atoms with E-state index in [1.807, 2.05) is 0 Å². The van der Waals surface area contributed by atoms with Crippen molar-refractivity contribution in [3.63, 3.8) is 0 Å². The number of phenolic OH excluding ortho intramolecular Hbond substituents is 1. The Balaban J connectivity index is 2.32. The van der Waals surface area contributed by atoms with Crippen molar-refractivity contribution in [2.75, 3.05) is 0 Å². The highest BCUT2D eigenvalue weighted by Crippen LogP contribution is 2.33. The lowest BCUT2D eigenvalue weighted by molar-refractivity contribution is 0.474. The fourth-order valence-corrected chi connectivity index (χ4v) is 2.37. The van der Waals surface area contributed by atoms with E-state index in [4.69, 9.17) is 27.6 Å². The molecule has 1 N–H and O–H groups in total. The highest BCUT2D eigenvalue weighted by molar-refractivity contribution is 6.34. The molecule has 20 heavy (non-hydrogen) atoms. The van der Waals surface area contributed by atoms with Crippen molar-refractivity contribution < 1.29 is 9.52 Å². The van der Waals surface area contributed by atoms with Crippen LogP contribution in [0.25, 0.3) is 22.3 Å². The number of hydrogen-bond acceptors (Lipinski definition) is 3. The molecule has 5 heteroatoms. The fourth-order valence-electron chi connectivity index (χ4n) is 1.99. The summed E-state index contributed by atoms with van der Waals surface area (Å²) in [6.45, 7) is 0. The van der Waals surface area contributed by atoms with E-state index in [9.17, 15) is 9.90 Å². The summed E-state index contributed by atoms with van der Waals surface area (Å²) in [6, 6.07) is 10.8. The molecular formula is C15H8Cl2O3. The normalized spacial score (nSPS) is 10.9. The second kappa shape index (κ2) is 4.85. The second-order valence-electron chi connectivity index (χ2n) is 4.25. The van der Waals surface area contributed by atoms with Crippen LogP contribution in [-0.4, -0.2) is 5.11 Å². The van der Waals surface area contributed by atoms with Gasteiger partial charge in [-0.25, -0.2) is 0 Å². The van der Waals surface area contributed by atoms with E-state index < -0.39 is 0 Å². The molecular weight excluding hydrogens is 299 g/mol. The van der Waals surface area contributed by atoms with E-state index in [1.54, 1.807) is 30.3 Å². The maximum absolute atomic E-state index is 12.1. The van der Waals surface area contributed by atoms with Crippen LogP contribution in [0.2, 0.25) is 10.0 Å². The van der Waals surface area contributed by atoms with Crippen molar-refractivity contribution in [3.8, 4) is 17.1 Å². The van der Waals surface area contributed by atoms with Gasteiger partial charge in [-0.3, -0.25) is 4.79 Å². The monoisotopic (exact) mass is 306 g/mol. The summed E-state index contributed by atoms with van der Waals surface area (Å²) >= 11 is 11.8. The molecule has 0 spiro atoms. The second-order valence-corrected chi connectivity index (χ2v) is 5.10. The van der Waals surface area contributed by atoms with Crippen molar-refractivity contribution in [3.05, 3.63) is 62.7 Å². The molecule has 0 amide bonds. The number of para-hydroxylation sites is 1. The molecule has 1 heterocycles. The first-order valence-electron chi connectivity index (χ1n) is 5.77. The molecule has 2 aromatic carbocycles. The largest absolute Gasteiger partial charge is 0.507 e. The molecule has 0 aliphatic heterocycles. The highest BCUT2D eigenvalue weighted by Gasteiger charge is 2.12. The molecule has 0 saturated carbocycles. The third-order valence-electron chi connectivity index (χ3n) is 2.93. The topological polar surface area (TPSA) is 50.4 Å². The summed E-state index contributed by atoms with van der Waals surface area (Å²) in [6.07, 6.45) is 0. The molecule has 0 aliphatic carbocycles. The number of hydrogen-bond donors (Lipinski definition) is 1.